The molecule has 1 fully saturated rings. The number of fused-ring (bicyclic) bond motifs is 4. The first-order chi connectivity index (χ1) is 20.2. The molecule has 7 rings (SSSR count). The largest absolute Gasteiger partial charge is 0.399 e. The lowest BCUT2D eigenvalue weighted by Gasteiger charge is -2.56. The summed E-state index contributed by atoms with van der Waals surface area (Å²) < 4.78 is 0. The molecule has 0 aliphatic heterocycles. The van der Waals surface area contributed by atoms with Gasteiger partial charge >= 0.3 is 0 Å². The van der Waals surface area contributed by atoms with Crippen molar-refractivity contribution in [1.82, 2.24) is 9.97 Å². The van der Waals surface area contributed by atoms with Crippen LogP contribution >= 0.6 is 0 Å². The van der Waals surface area contributed by atoms with Crippen LogP contribution in [0.4, 0.5) is 5.69 Å². The number of benzene rings is 4. The molecule has 1 heterocycles. The molecule has 3 N–H and O–H groups in total. The summed E-state index contributed by atoms with van der Waals surface area (Å²) in [4.78, 5) is 8.91. The van der Waals surface area contributed by atoms with Crippen LogP contribution in [-0.2, 0) is 18.3 Å². The number of anilines is 1. The Morgan fingerprint density at radius 3 is 2.50 bits per heavy atom. The van der Waals surface area contributed by atoms with Gasteiger partial charge in [0.2, 0.25) is 0 Å². The van der Waals surface area contributed by atoms with Crippen LogP contribution in [0.25, 0.3) is 33.5 Å². The van der Waals surface area contributed by atoms with E-state index in [0.717, 1.165) is 34.5 Å². The average molecular weight is 554 g/mol. The first-order valence-electron chi connectivity index (χ1n) is 15.8. The molecular formula is C39H43N3. The Labute approximate surface area is 250 Å². The summed E-state index contributed by atoms with van der Waals surface area (Å²) in [5.41, 5.74) is 19.1. The molecule has 4 aromatic carbocycles. The van der Waals surface area contributed by atoms with Crippen molar-refractivity contribution in [2.24, 2.45) is 11.3 Å². The molecule has 0 unspecified atom stereocenters. The number of hydrogen-bond donors (Lipinski definition) is 2. The first kappa shape index (κ1) is 27.0. The Morgan fingerprint density at radius 2 is 1.71 bits per heavy atom. The molecule has 214 valence electrons. The number of nitrogens with zero attached hydrogens (tertiary/aromatic N) is 1. The topological polar surface area (TPSA) is 54.7 Å². The molecule has 0 spiro atoms. The van der Waals surface area contributed by atoms with Crippen molar-refractivity contribution in [2.75, 3.05) is 5.73 Å². The van der Waals surface area contributed by atoms with Crippen LogP contribution in [0.15, 0.2) is 84.9 Å². The van der Waals surface area contributed by atoms with Crippen molar-refractivity contribution in [1.29, 1.82) is 0 Å². The van der Waals surface area contributed by atoms with Gasteiger partial charge in [-0.3, -0.25) is 0 Å². The second-order valence-electron chi connectivity index (χ2n) is 13.8. The number of H-pyrrole nitrogens is 1. The molecule has 2 aliphatic rings. The van der Waals surface area contributed by atoms with Gasteiger partial charge in [0, 0.05) is 11.3 Å². The molecular weight excluding hydrogens is 510 g/mol. The maximum Gasteiger partial charge on any atom is 0.138 e. The van der Waals surface area contributed by atoms with Crippen molar-refractivity contribution >= 4 is 16.7 Å². The lowest BCUT2D eigenvalue weighted by atomic mass is 9.48. The minimum atomic E-state index is 0.176. The van der Waals surface area contributed by atoms with E-state index >= 15 is 0 Å². The summed E-state index contributed by atoms with van der Waals surface area (Å²) >= 11 is 0. The molecule has 0 bridgehead atoms. The van der Waals surface area contributed by atoms with Crippen molar-refractivity contribution in [3.05, 3.63) is 107 Å². The highest BCUT2D eigenvalue weighted by Gasteiger charge is 2.51. The van der Waals surface area contributed by atoms with Crippen molar-refractivity contribution in [3.63, 3.8) is 0 Å². The zero-order chi connectivity index (χ0) is 29.1. The van der Waals surface area contributed by atoms with E-state index in [9.17, 15) is 0 Å². The third-order valence-corrected chi connectivity index (χ3v) is 10.8. The zero-order valence-corrected chi connectivity index (χ0v) is 25.5. The third kappa shape index (κ3) is 4.45. The van der Waals surface area contributed by atoms with E-state index in [4.69, 9.17) is 10.7 Å². The highest BCUT2D eigenvalue weighted by atomic mass is 14.9. The fourth-order valence-corrected chi connectivity index (χ4v) is 8.64. The summed E-state index contributed by atoms with van der Waals surface area (Å²) in [6.45, 7) is 9.78. The van der Waals surface area contributed by atoms with Gasteiger partial charge in [-0.15, -0.1) is 0 Å². The van der Waals surface area contributed by atoms with Crippen molar-refractivity contribution in [3.8, 4) is 22.5 Å². The molecule has 1 saturated carbocycles. The molecule has 0 amide bonds. The molecule has 42 heavy (non-hydrogen) atoms. The van der Waals surface area contributed by atoms with Gasteiger partial charge in [-0.25, -0.2) is 4.98 Å². The van der Waals surface area contributed by atoms with Crippen LogP contribution in [0.1, 0.15) is 81.5 Å². The molecule has 3 heteroatoms. The number of hydrogen-bond acceptors (Lipinski definition) is 2. The molecule has 1 aromatic heterocycles. The van der Waals surface area contributed by atoms with E-state index in [0.29, 0.717) is 11.8 Å². The Kier molecular flexibility index (Phi) is 6.53. The third-order valence-electron chi connectivity index (χ3n) is 10.8. The summed E-state index contributed by atoms with van der Waals surface area (Å²) in [7, 11) is 0. The second-order valence-corrected chi connectivity index (χ2v) is 13.8. The first-order valence-corrected chi connectivity index (χ1v) is 15.8. The van der Waals surface area contributed by atoms with Crippen LogP contribution in [0.3, 0.4) is 0 Å². The minimum absolute atomic E-state index is 0.176. The van der Waals surface area contributed by atoms with E-state index in [1.807, 2.05) is 18.2 Å². The Bertz CT molecular complexity index is 1760. The molecule has 0 radical (unpaired) electrons. The van der Waals surface area contributed by atoms with E-state index in [-0.39, 0.29) is 10.8 Å². The Morgan fingerprint density at radius 1 is 0.905 bits per heavy atom. The summed E-state index contributed by atoms with van der Waals surface area (Å²) in [5, 5.41) is 0. The Balaban J connectivity index is 1.35. The van der Waals surface area contributed by atoms with Crippen LogP contribution < -0.4 is 5.73 Å². The highest BCUT2D eigenvalue weighted by molar-refractivity contribution is 5.89. The second kappa shape index (κ2) is 10.2. The smallest absolute Gasteiger partial charge is 0.138 e. The van der Waals surface area contributed by atoms with Gasteiger partial charge in [0.15, 0.2) is 0 Å². The summed E-state index contributed by atoms with van der Waals surface area (Å²) in [6.07, 6.45) is 7.26. The van der Waals surface area contributed by atoms with Gasteiger partial charge in [-0.2, -0.15) is 0 Å². The van der Waals surface area contributed by atoms with Gasteiger partial charge in [0.05, 0.1) is 11.0 Å². The van der Waals surface area contributed by atoms with Crippen molar-refractivity contribution in [2.45, 2.75) is 77.6 Å². The monoisotopic (exact) mass is 553 g/mol. The van der Waals surface area contributed by atoms with Gasteiger partial charge in [-0.1, -0.05) is 101 Å². The molecule has 0 saturated heterocycles. The summed E-state index contributed by atoms with van der Waals surface area (Å²) in [6, 6.07) is 30.8. The number of imidazole rings is 1. The molecule has 3 atom stereocenters. The number of nitrogens with one attached hydrogen (secondary N) is 1. The number of aromatic nitrogens is 2. The van der Waals surface area contributed by atoms with Gasteiger partial charge < -0.3 is 10.7 Å². The van der Waals surface area contributed by atoms with Crippen LogP contribution in [0.5, 0.6) is 0 Å². The van der Waals surface area contributed by atoms with Crippen LogP contribution in [-0.4, -0.2) is 9.97 Å². The fraction of sp³-hybridized carbons (Fsp3) is 0.359. The predicted octanol–water partition coefficient (Wildman–Crippen LogP) is 9.86. The average Bonchev–Trinajstić information content (AvgIpc) is 3.43. The van der Waals surface area contributed by atoms with E-state index < -0.39 is 0 Å². The SMILES string of the molecule is CC(C)c1ccc2c(c1)CC[C@H]1[C@@](C)(Cc3c(-c4ccccc4)ccc4[nH]c(-c5cccc(N)c5)nc34)CCC[C@]21C. The van der Waals surface area contributed by atoms with E-state index in [2.05, 4.69) is 99.4 Å². The quantitative estimate of drug-likeness (QED) is 0.213. The standard InChI is InChI=1S/C39H43N3/c1-25(2)27-14-17-33-28(22-27)15-19-35-38(3,20-9-21-39(33,35)4)24-32-31(26-10-6-5-7-11-26)16-18-34-36(32)42-37(41-34)29-12-8-13-30(40)23-29/h5-8,10-14,16-18,22-23,25,35H,9,15,19-21,24,40H2,1-4H3,(H,41,42)/t35-,38+,39+/m0/s1. The zero-order valence-electron chi connectivity index (χ0n) is 25.5. The summed E-state index contributed by atoms with van der Waals surface area (Å²) in [5.74, 6) is 2.08. The molecule has 2 aliphatic carbocycles. The van der Waals surface area contributed by atoms with Crippen molar-refractivity contribution < 1.29 is 0 Å². The maximum atomic E-state index is 6.15. The Hall–Kier alpha value is -3.85. The van der Waals surface area contributed by atoms with E-state index in [1.54, 1.807) is 11.1 Å². The normalized spacial score (nSPS) is 23.6. The number of nitrogens with two attached hydrogens (primary N) is 1. The molecule has 5 aromatic rings. The number of rotatable bonds is 5. The van der Waals surface area contributed by atoms with Gasteiger partial charge in [-0.05, 0) is 106 Å². The van der Waals surface area contributed by atoms with E-state index in [1.165, 1.54) is 54.4 Å². The van der Waals surface area contributed by atoms with Gasteiger partial charge in [0.25, 0.3) is 0 Å². The predicted molar refractivity (Wildman–Crippen MR) is 177 cm³/mol. The number of nitrogen functional groups attached to an aromatic ring is 1. The molecule has 3 nitrogen and oxygen atoms in total. The fourth-order valence-electron chi connectivity index (χ4n) is 8.64. The lowest BCUT2D eigenvalue weighted by Crippen LogP contribution is -2.50. The number of aromatic amines is 1. The number of aryl methyl sites for hydroxylation is 1. The lowest BCUT2D eigenvalue weighted by molar-refractivity contribution is 0.0261. The van der Waals surface area contributed by atoms with Crippen LogP contribution in [0, 0.1) is 11.3 Å². The minimum Gasteiger partial charge on any atom is -0.399 e. The van der Waals surface area contributed by atoms with Gasteiger partial charge in [0.1, 0.15) is 5.82 Å². The van der Waals surface area contributed by atoms with Crippen LogP contribution in [0.2, 0.25) is 0 Å². The highest BCUT2D eigenvalue weighted by Crippen LogP contribution is 2.59. The maximum absolute atomic E-state index is 6.15.